The zero-order valence-electron chi connectivity index (χ0n) is 21.5. The lowest BCUT2D eigenvalue weighted by atomic mass is 10.1. The van der Waals surface area contributed by atoms with Gasteiger partial charge in [0.1, 0.15) is 0 Å². The van der Waals surface area contributed by atoms with Gasteiger partial charge in [-0.25, -0.2) is 0 Å². The second-order valence-corrected chi connectivity index (χ2v) is 7.75. The van der Waals surface area contributed by atoms with Crippen molar-refractivity contribution in [2.24, 2.45) is 0 Å². The van der Waals surface area contributed by atoms with Crippen molar-refractivity contribution in [3.05, 3.63) is 0 Å². The van der Waals surface area contributed by atoms with Gasteiger partial charge in [0.25, 0.3) is 0 Å². The van der Waals surface area contributed by atoms with Crippen LogP contribution in [0.1, 0.15) is 97.8 Å². The molecule has 0 fully saturated rings. The molecule has 0 atom stereocenters. The number of carbonyl (C=O) groups excluding carboxylic acids is 3. The fourth-order valence-electron chi connectivity index (χ4n) is 3.03. The lowest BCUT2D eigenvalue weighted by molar-refractivity contribution is -0.144. The van der Waals surface area contributed by atoms with Crippen molar-refractivity contribution in [1.29, 1.82) is 0 Å². The monoisotopic (exact) mass is 488 g/mol. The van der Waals surface area contributed by atoms with Crippen LogP contribution in [0.2, 0.25) is 0 Å². The Balaban J connectivity index is 4.07. The predicted molar refractivity (Wildman–Crippen MR) is 129 cm³/mol. The first kappa shape index (κ1) is 32.4. The summed E-state index contributed by atoms with van der Waals surface area (Å²) >= 11 is 0. The van der Waals surface area contributed by atoms with Crippen molar-refractivity contribution < 1.29 is 42.6 Å². The number of carbonyl (C=O) groups is 3. The largest absolute Gasteiger partial charge is 0.639 e. The Morgan fingerprint density at radius 2 is 0.765 bits per heavy atom. The summed E-state index contributed by atoms with van der Waals surface area (Å²) in [4.78, 5) is 34.1. The molecule has 0 aromatic carbocycles. The van der Waals surface area contributed by atoms with Crippen LogP contribution in [0.5, 0.6) is 0 Å². The summed E-state index contributed by atoms with van der Waals surface area (Å²) in [6.07, 6.45) is 8.48. The van der Waals surface area contributed by atoms with E-state index in [1.165, 1.54) is 0 Å². The van der Waals surface area contributed by atoms with Crippen LogP contribution in [0.4, 0.5) is 0 Å². The molecule has 0 amide bonds. The standard InChI is InChI=1S/C24H45BO9/c1-4-29-22(26)16-10-7-13-19-32-25(33-20-14-8-11-17-23(27)30-5-2)34-21-15-9-12-18-24(28)31-6-3/h4-21H2,1-3H3. The van der Waals surface area contributed by atoms with Gasteiger partial charge < -0.3 is 28.2 Å². The Kier molecular flexibility index (Phi) is 23.3. The van der Waals surface area contributed by atoms with Crippen molar-refractivity contribution in [3.8, 4) is 0 Å². The van der Waals surface area contributed by atoms with E-state index in [1.807, 2.05) is 0 Å². The summed E-state index contributed by atoms with van der Waals surface area (Å²) in [5, 5.41) is 0. The summed E-state index contributed by atoms with van der Waals surface area (Å²) in [6.45, 7) is 8.03. The zero-order chi connectivity index (χ0) is 25.3. The highest BCUT2D eigenvalue weighted by Gasteiger charge is 2.21. The SMILES string of the molecule is CCOC(=O)CCCCCOB(OCCCCCC(=O)OCC)OCCCCCC(=O)OCC. The minimum atomic E-state index is -0.750. The van der Waals surface area contributed by atoms with E-state index in [4.69, 9.17) is 28.2 Å². The van der Waals surface area contributed by atoms with Gasteiger partial charge in [0.05, 0.1) is 19.8 Å². The molecule has 0 aromatic heterocycles. The number of rotatable bonds is 24. The first-order valence-electron chi connectivity index (χ1n) is 12.8. The van der Waals surface area contributed by atoms with E-state index < -0.39 is 7.32 Å². The Bertz CT molecular complexity index is 445. The number of ether oxygens (including phenoxy) is 3. The van der Waals surface area contributed by atoms with E-state index in [0.717, 1.165) is 57.8 Å². The average molecular weight is 488 g/mol. The van der Waals surface area contributed by atoms with Gasteiger partial charge in [0.2, 0.25) is 0 Å². The van der Waals surface area contributed by atoms with Gasteiger partial charge in [0, 0.05) is 39.1 Å². The molecule has 0 unspecified atom stereocenters. The average Bonchev–Trinajstić information content (AvgIpc) is 2.80. The molecule has 0 aliphatic heterocycles. The molecular formula is C24H45BO9. The van der Waals surface area contributed by atoms with E-state index in [9.17, 15) is 14.4 Å². The van der Waals surface area contributed by atoms with Crippen molar-refractivity contribution in [3.63, 3.8) is 0 Å². The first-order chi connectivity index (χ1) is 16.5. The molecule has 0 saturated heterocycles. The topological polar surface area (TPSA) is 107 Å². The third-order valence-corrected chi connectivity index (χ3v) is 4.75. The fourth-order valence-corrected chi connectivity index (χ4v) is 3.03. The Hall–Kier alpha value is -1.65. The van der Waals surface area contributed by atoms with Crippen molar-refractivity contribution >= 4 is 25.2 Å². The number of hydrogen-bond donors (Lipinski definition) is 0. The van der Waals surface area contributed by atoms with Crippen LogP contribution in [0, 0.1) is 0 Å². The van der Waals surface area contributed by atoms with E-state index in [0.29, 0.717) is 58.9 Å². The van der Waals surface area contributed by atoms with Crippen molar-refractivity contribution in [2.45, 2.75) is 97.8 Å². The molecule has 0 rings (SSSR count). The molecule has 10 heteroatoms. The molecular weight excluding hydrogens is 443 g/mol. The lowest BCUT2D eigenvalue weighted by Crippen LogP contribution is -2.28. The van der Waals surface area contributed by atoms with Gasteiger partial charge in [-0.3, -0.25) is 14.4 Å². The van der Waals surface area contributed by atoms with Gasteiger partial charge in [-0.05, 0) is 59.3 Å². The summed E-state index contributed by atoms with van der Waals surface area (Å²) in [5.74, 6) is -0.503. The number of hydrogen-bond acceptors (Lipinski definition) is 9. The zero-order valence-corrected chi connectivity index (χ0v) is 21.5. The van der Waals surface area contributed by atoms with Crippen LogP contribution in [-0.2, 0) is 42.6 Å². The maximum atomic E-state index is 11.4. The number of unbranched alkanes of at least 4 members (excludes halogenated alkanes) is 6. The van der Waals surface area contributed by atoms with Crippen LogP contribution in [0.15, 0.2) is 0 Å². The van der Waals surface area contributed by atoms with E-state index in [2.05, 4.69) is 0 Å². The minimum Gasteiger partial charge on any atom is -0.466 e. The fraction of sp³-hybridized carbons (Fsp3) is 0.875. The predicted octanol–water partition coefficient (Wildman–Crippen LogP) is 4.39. The molecule has 0 saturated carbocycles. The molecule has 198 valence electrons. The van der Waals surface area contributed by atoms with Crippen molar-refractivity contribution in [1.82, 2.24) is 0 Å². The summed E-state index contributed by atoms with van der Waals surface area (Å²) in [5.41, 5.74) is 0. The van der Waals surface area contributed by atoms with Crippen LogP contribution in [0.25, 0.3) is 0 Å². The maximum absolute atomic E-state index is 11.4. The summed E-state index contributed by atoms with van der Waals surface area (Å²) in [7, 11) is -0.750. The van der Waals surface area contributed by atoms with Crippen LogP contribution >= 0.6 is 0 Å². The lowest BCUT2D eigenvalue weighted by Gasteiger charge is -2.15. The molecule has 0 aliphatic carbocycles. The normalized spacial score (nSPS) is 10.7. The molecule has 0 aliphatic rings. The van der Waals surface area contributed by atoms with E-state index in [-0.39, 0.29) is 17.9 Å². The van der Waals surface area contributed by atoms with Crippen LogP contribution < -0.4 is 0 Å². The highest BCUT2D eigenvalue weighted by atomic mass is 16.7. The van der Waals surface area contributed by atoms with Crippen LogP contribution in [0.3, 0.4) is 0 Å². The van der Waals surface area contributed by atoms with E-state index >= 15 is 0 Å². The smallest absolute Gasteiger partial charge is 0.466 e. The summed E-state index contributed by atoms with van der Waals surface area (Å²) in [6, 6.07) is 0. The Labute approximate surface area is 205 Å². The molecule has 0 N–H and O–H groups in total. The van der Waals surface area contributed by atoms with Gasteiger partial charge in [-0.2, -0.15) is 0 Å². The third-order valence-electron chi connectivity index (χ3n) is 4.75. The third kappa shape index (κ3) is 22.2. The van der Waals surface area contributed by atoms with Gasteiger partial charge in [0.15, 0.2) is 0 Å². The van der Waals surface area contributed by atoms with Gasteiger partial charge >= 0.3 is 25.2 Å². The molecule has 0 bridgehead atoms. The van der Waals surface area contributed by atoms with Gasteiger partial charge in [-0.1, -0.05) is 19.3 Å². The molecule has 0 heterocycles. The molecule has 0 radical (unpaired) electrons. The van der Waals surface area contributed by atoms with Crippen LogP contribution in [-0.4, -0.2) is 64.9 Å². The first-order valence-corrected chi connectivity index (χ1v) is 12.8. The Morgan fingerprint density at radius 3 is 1.03 bits per heavy atom. The van der Waals surface area contributed by atoms with Crippen molar-refractivity contribution in [2.75, 3.05) is 39.6 Å². The summed E-state index contributed by atoms with van der Waals surface area (Å²) < 4.78 is 32.0. The minimum absolute atomic E-state index is 0.168. The molecule has 0 spiro atoms. The Morgan fingerprint density at radius 1 is 0.471 bits per heavy atom. The number of esters is 3. The van der Waals surface area contributed by atoms with E-state index in [1.54, 1.807) is 20.8 Å². The quantitative estimate of drug-likeness (QED) is 0.0846. The maximum Gasteiger partial charge on any atom is 0.639 e. The highest BCUT2D eigenvalue weighted by Crippen LogP contribution is 2.07. The highest BCUT2D eigenvalue weighted by molar-refractivity contribution is 6.36. The molecule has 0 aromatic rings. The second kappa shape index (κ2) is 24.5. The van der Waals surface area contributed by atoms with Gasteiger partial charge in [-0.15, -0.1) is 0 Å². The molecule has 9 nitrogen and oxygen atoms in total. The molecule has 34 heavy (non-hydrogen) atoms. The second-order valence-electron chi connectivity index (χ2n) is 7.75.